The van der Waals surface area contributed by atoms with E-state index in [1.165, 1.54) is 15.9 Å². The normalized spacial score (nSPS) is 17.3. The van der Waals surface area contributed by atoms with Crippen LogP contribution in [-0.4, -0.2) is 34.8 Å². The molecular formula is C30H26F3N3O3. The second-order valence-electron chi connectivity index (χ2n) is 9.35. The van der Waals surface area contributed by atoms with E-state index in [2.05, 4.69) is 11.9 Å². The Labute approximate surface area is 224 Å². The molecule has 0 aromatic heterocycles. The summed E-state index contributed by atoms with van der Waals surface area (Å²) in [5.74, 6) is 0.227. The molecule has 0 saturated carbocycles. The minimum absolute atomic E-state index is 0.0289. The van der Waals surface area contributed by atoms with Crippen molar-refractivity contribution in [3.63, 3.8) is 0 Å². The Balaban J connectivity index is 1.42. The first-order valence-electron chi connectivity index (χ1n) is 12.4. The van der Waals surface area contributed by atoms with Gasteiger partial charge in [-0.1, -0.05) is 60.7 Å². The highest BCUT2D eigenvalue weighted by Crippen LogP contribution is 2.38. The maximum Gasteiger partial charge on any atom is 0.416 e. The Morgan fingerprint density at radius 3 is 2.46 bits per heavy atom. The Morgan fingerprint density at radius 2 is 1.72 bits per heavy atom. The number of alkyl halides is 3. The average Bonchev–Trinajstić information content (AvgIpc) is 3.25. The molecule has 1 N–H and O–H groups in total. The average molecular weight is 534 g/mol. The van der Waals surface area contributed by atoms with Gasteiger partial charge in [-0.3, -0.25) is 9.69 Å². The van der Waals surface area contributed by atoms with Crippen LogP contribution in [0, 0.1) is 0 Å². The Kier molecular flexibility index (Phi) is 7.15. The topological polar surface area (TPSA) is 61.9 Å². The van der Waals surface area contributed by atoms with Gasteiger partial charge in [0.15, 0.2) is 0 Å². The van der Waals surface area contributed by atoms with E-state index in [1.54, 1.807) is 36.4 Å². The van der Waals surface area contributed by atoms with E-state index < -0.39 is 17.8 Å². The van der Waals surface area contributed by atoms with Crippen molar-refractivity contribution in [2.45, 2.75) is 25.4 Å². The van der Waals surface area contributed by atoms with E-state index in [0.717, 1.165) is 17.7 Å². The molecule has 0 spiro atoms. The van der Waals surface area contributed by atoms with Crippen LogP contribution in [-0.2, 0) is 24.1 Å². The maximum absolute atomic E-state index is 13.7. The van der Waals surface area contributed by atoms with Gasteiger partial charge >= 0.3 is 12.2 Å². The number of nitrogens with zero attached hydrogens (tertiary/aromatic N) is 2. The fourth-order valence-electron chi connectivity index (χ4n) is 4.84. The smallest absolute Gasteiger partial charge is 0.416 e. The molecule has 2 aliphatic rings. The number of hydrogen-bond acceptors (Lipinski definition) is 3. The van der Waals surface area contributed by atoms with E-state index in [-0.39, 0.29) is 31.6 Å². The van der Waals surface area contributed by atoms with Crippen molar-refractivity contribution in [3.05, 3.63) is 125 Å². The first-order chi connectivity index (χ1) is 18.7. The summed E-state index contributed by atoms with van der Waals surface area (Å²) in [5.41, 5.74) is 2.11. The quantitative estimate of drug-likeness (QED) is 0.371. The van der Waals surface area contributed by atoms with Crippen LogP contribution in [0.1, 0.15) is 28.3 Å². The molecule has 0 saturated heterocycles. The number of benzene rings is 3. The monoisotopic (exact) mass is 533 g/mol. The molecule has 3 aromatic rings. The van der Waals surface area contributed by atoms with Crippen LogP contribution in [0.2, 0.25) is 0 Å². The molecule has 200 valence electrons. The molecule has 2 aliphatic heterocycles. The molecule has 3 amide bonds. The number of nitrogens with one attached hydrogen (secondary N) is 1. The molecule has 1 unspecified atom stereocenters. The van der Waals surface area contributed by atoms with Crippen molar-refractivity contribution in [1.82, 2.24) is 15.1 Å². The van der Waals surface area contributed by atoms with E-state index in [9.17, 15) is 22.8 Å². The first-order valence-corrected chi connectivity index (χ1v) is 12.4. The SMILES string of the molecule is C=CCN1C(=O)NC(c2cccc(OCc3ccccc3)c2)C2=C1CN(Cc1cccc(C(F)(F)F)c1)C2=O. The van der Waals surface area contributed by atoms with Crippen molar-refractivity contribution in [3.8, 4) is 5.75 Å². The lowest BCUT2D eigenvalue weighted by molar-refractivity contribution is -0.137. The van der Waals surface area contributed by atoms with Gasteiger partial charge in [0.1, 0.15) is 12.4 Å². The lowest BCUT2D eigenvalue weighted by atomic mass is 9.95. The van der Waals surface area contributed by atoms with Crippen LogP contribution >= 0.6 is 0 Å². The van der Waals surface area contributed by atoms with Gasteiger partial charge in [-0.15, -0.1) is 6.58 Å². The van der Waals surface area contributed by atoms with Crippen LogP contribution in [0.25, 0.3) is 0 Å². The van der Waals surface area contributed by atoms with Gasteiger partial charge in [0, 0.05) is 13.1 Å². The highest BCUT2D eigenvalue weighted by atomic mass is 19.4. The van der Waals surface area contributed by atoms with Crippen molar-refractivity contribution in [2.75, 3.05) is 13.1 Å². The molecule has 0 aliphatic carbocycles. The summed E-state index contributed by atoms with van der Waals surface area (Å²) in [6.07, 6.45) is -2.93. The Bertz CT molecular complexity index is 1440. The molecule has 9 heteroatoms. The number of rotatable bonds is 8. The fourth-order valence-corrected chi connectivity index (χ4v) is 4.84. The number of hydrogen-bond donors (Lipinski definition) is 1. The summed E-state index contributed by atoms with van der Waals surface area (Å²) in [4.78, 5) is 29.7. The maximum atomic E-state index is 13.7. The molecule has 0 fully saturated rings. The van der Waals surface area contributed by atoms with E-state index in [4.69, 9.17) is 4.74 Å². The molecule has 5 rings (SSSR count). The molecule has 6 nitrogen and oxygen atoms in total. The zero-order valence-electron chi connectivity index (χ0n) is 20.9. The number of halogens is 3. The molecule has 0 radical (unpaired) electrons. The van der Waals surface area contributed by atoms with E-state index in [1.807, 2.05) is 30.3 Å². The van der Waals surface area contributed by atoms with Gasteiger partial charge in [0.2, 0.25) is 0 Å². The molecule has 1 atom stereocenters. The van der Waals surface area contributed by atoms with Crippen LogP contribution in [0.3, 0.4) is 0 Å². The summed E-state index contributed by atoms with van der Waals surface area (Å²) in [6.45, 7) is 4.31. The van der Waals surface area contributed by atoms with E-state index >= 15 is 0 Å². The zero-order valence-corrected chi connectivity index (χ0v) is 20.9. The molecule has 0 bridgehead atoms. The van der Waals surface area contributed by atoms with Crippen LogP contribution in [0.15, 0.2) is 103 Å². The van der Waals surface area contributed by atoms with Crippen molar-refractivity contribution >= 4 is 11.9 Å². The van der Waals surface area contributed by atoms with Crippen LogP contribution in [0.4, 0.5) is 18.0 Å². The standard InChI is InChI=1S/C30H26F3N3O3/c1-2-14-36-25-18-35(17-21-10-6-12-23(15-21)30(31,32)33)28(37)26(25)27(34-29(36)38)22-11-7-13-24(16-22)39-19-20-8-4-3-5-9-20/h2-13,15-16,27H,1,14,17-19H2,(H,34,38). The second kappa shape index (κ2) is 10.7. The largest absolute Gasteiger partial charge is 0.489 e. The highest BCUT2D eigenvalue weighted by Gasteiger charge is 2.44. The number of urea groups is 1. The third-order valence-electron chi connectivity index (χ3n) is 6.68. The van der Waals surface area contributed by atoms with Crippen molar-refractivity contribution < 1.29 is 27.5 Å². The van der Waals surface area contributed by atoms with E-state index in [0.29, 0.717) is 34.8 Å². The summed E-state index contributed by atoms with van der Waals surface area (Å²) in [6, 6.07) is 20.6. The van der Waals surface area contributed by atoms with Crippen molar-refractivity contribution in [2.24, 2.45) is 0 Å². The molecule has 2 heterocycles. The predicted octanol–water partition coefficient (Wildman–Crippen LogP) is 5.83. The van der Waals surface area contributed by atoms with Crippen LogP contribution < -0.4 is 10.1 Å². The summed E-state index contributed by atoms with van der Waals surface area (Å²) in [7, 11) is 0. The second-order valence-corrected chi connectivity index (χ2v) is 9.35. The zero-order chi connectivity index (χ0) is 27.6. The van der Waals surface area contributed by atoms with Gasteiger partial charge < -0.3 is 15.0 Å². The van der Waals surface area contributed by atoms with Crippen LogP contribution in [0.5, 0.6) is 5.75 Å². The lowest BCUT2D eigenvalue weighted by Crippen LogP contribution is -2.47. The minimum atomic E-state index is -4.49. The Hall–Kier alpha value is -4.53. The minimum Gasteiger partial charge on any atom is -0.489 e. The van der Waals surface area contributed by atoms with Gasteiger partial charge in [0.25, 0.3) is 5.91 Å². The summed E-state index contributed by atoms with van der Waals surface area (Å²) in [5, 5.41) is 2.91. The number of carbonyl (C=O) groups is 2. The van der Waals surface area contributed by atoms with Gasteiger partial charge in [-0.2, -0.15) is 13.2 Å². The summed E-state index contributed by atoms with van der Waals surface area (Å²) >= 11 is 0. The summed E-state index contributed by atoms with van der Waals surface area (Å²) < 4.78 is 45.7. The number of ether oxygens (including phenoxy) is 1. The van der Waals surface area contributed by atoms with Gasteiger partial charge in [-0.25, -0.2) is 4.79 Å². The number of amides is 3. The van der Waals surface area contributed by atoms with Gasteiger partial charge in [-0.05, 0) is 41.0 Å². The van der Waals surface area contributed by atoms with Gasteiger partial charge in [0.05, 0.1) is 29.4 Å². The molecule has 3 aromatic carbocycles. The predicted molar refractivity (Wildman–Crippen MR) is 139 cm³/mol. The third kappa shape index (κ3) is 5.52. The Morgan fingerprint density at radius 1 is 0.974 bits per heavy atom. The number of carbonyl (C=O) groups excluding carboxylic acids is 2. The van der Waals surface area contributed by atoms with Crippen molar-refractivity contribution in [1.29, 1.82) is 0 Å². The fraction of sp³-hybridized carbons (Fsp3) is 0.200. The molecule has 39 heavy (non-hydrogen) atoms. The lowest BCUT2D eigenvalue weighted by Gasteiger charge is -2.33. The first kappa shape index (κ1) is 26.1. The molecular weight excluding hydrogens is 507 g/mol. The third-order valence-corrected chi connectivity index (χ3v) is 6.68. The highest BCUT2D eigenvalue weighted by molar-refractivity contribution is 6.01.